The molecule has 0 radical (unpaired) electrons. The highest BCUT2D eigenvalue weighted by Crippen LogP contribution is 2.14. The average Bonchev–Trinajstić information content (AvgIpc) is 3.07. The van der Waals surface area contributed by atoms with Crippen LogP contribution in [0.15, 0.2) is 35.4 Å². The van der Waals surface area contributed by atoms with Crippen LogP contribution in [0.5, 0.6) is 0 Å². The molecule has 1 atom stereocenters. The van der Waals surface area contributed by atoms with Gasteiger partial charge in [-0.3, -0.25) is 14.6 Å². The zero-order valence-corrected chi connectivity index (χ0v) is 14.3. The van der Waals surface area contributed by atoms with Gasteiger partial charge < -0.3 is 5.11 Å². The number of hydrogen-bond acceptors (Lipinski definition) is 5. The fourth-order valence-electron chi connectivity index (χ4n) is 3.25. The fourth-order valence-corrected chi connectivity index (χ4v) is 3.25. The number of amides is 1. The summed E-state index contributed by atoms with van der Waals surface area (Å²) in [4.78, 5) is 16.9. The lowest BCUT2D eigenvalue weighted by atomic mass is 10.1. The van der Waals surface area contributed by atoms with Gasteiger partial charge in [-0.1, -0.05) is 30.3 Å². The molecule has 1 aromatic rings. The third kappa shape index (κ3) is 4.41. The van der Waals surface area contributed by atoms with Gasteiger partial charge in [-0.15, -0.1) is 0 Å². The van der Waals surface area contributed by atoms with Gasteiger partial charge >= 0.3 is 0 Å². The Bertz CT molecular complexity index is 580. The quantitative estimate of drug-likeness (QED) is 0.860. The molecule has 0 unspecified atom stereocenters. The van der Waals surface area contributed by atoms with E-state index >= 15 is 0 Å². The second kappa shape index (κ2) is 7.88. The molecule has 6 nitrogen and oxygen atoms in total. The average molecular weight is 330 g/mol. The predicted molar refractivity (Wildman–Crippen MR) is 93.9 cm³/mol. The number of hydrazone groups is 1. The van der Waals surface area contributed by atoms with Crippen molar-refractivity contribution in [2.24, 2.45) is 5.10 Å². The summed E-state index contributed by atoms with van der Waals surface area (Å²) in [7, 11) is 0. The summed E-state index contributed by atoms with van der Waals surface area (Å²) < 4.78 is 0. The van der Waals surface area contributed by atoms with Crippen LogP contribution in [0, 0.1) is 0 Å². The second-order valence-electron chi connectivity index (χ2n) is 6.61. The fraction of sp³-hybridized carbons (Fsp3) is 0.556. The van der Waals surface area contributed by atoms with Gasteiger partial charge in [0, 0.05) is 39.1 Å². The first-order chi connectivity index (χ1) is 11.6. The van der Waals surface area contributed by atoms with Crippen LogP contribution in [0.2, 0.25) is 0 Å². The summed E-state index contributed by atoms with van der Waals surface area (Å²) in [5, 5.41) is 15.6. The Kier molecular flexibility index (Phi) is 5.60. The van der Waals surface area contributed by atoms with Crippen LogP contribution in [0.1, 0.15) is 18.9 Å². The largest absolute Gasteiger partial charge is 0.392 e. The Balaban J connectivity index is 1.49. The van der Waals surface area contributed by atoms with E-state index in [2.05, 4.69) is 14.9 Å². The van der Waals surface area contributed by atoms with Crippen LogP contribution < -0.4 is 0 Å². The van der Waals surface area contributed by atoms with Crippen LogP contribution in [0.3, 0.4) is 0 Å². The molecule has 24 heavy (non-hydrogen) atoms. The highest BCUT2D eigenvalue weighted by atomic mass is 16.3. The van der Waals surface area contributed by atoms with E-state index in [1.54, 1.807) is 5.01 Å². The number of carbonyl (C=O) groups excluding carboxylic acids is 1. The monoisotopic (exact) mass is 330 g/mol. The third-order valence-electron chi connectivity index (χ3n) is 4.54. The summed E-state index contributed by atoms with van der Waals surface area (Å²) in [6, 6.07) is 10.0. The molecule has 1 aromatic carbocycles. The molecule has 0 spiro atoms. The molecule has 1 N–H and O–H groups in total. The molecule has 3 rings (SSSR count). The zero-order valence-electron chi connectivity index (χ0n) is 14.3. The summed E-state index contributed by atoms with van der Waals surface area (Å²) in [6.45, 7) is 7.14. The molecule has 2 aliphatic rings. The van der Waals surface area contributed by atoms with Crippen molar-refractivity contribution in [3.8, 4) is 0 Å². The molecule has 2 aliphatic heterocycles. The van der Waals surface area contributed by atoms with Gasteiger partial charge in [-0.25, -0.2) is 5.01 Å². The highest BCUT2D eigenvalue weighted by molar-refractivity contribution is 6.02. The number of benzene rings is 1. The number of β-amino-alcohol motifs (C(OH)–C–C–N with tert-alkyl or cyclic N) is 1. The molecule has 1 saturated heterocycles. The van der Waals surface area contributed by atoms with Crippen LogP contribution in [-0.4, -0.2) is 83.5 Å². The molecular formula is C18H26N4O2. The van der Waals surface area contributed by atoms with Gasteiger partial charge in [0.15, 0.2) is 0 Å². The maximum absolute atomic E-state index is 12.5. The van der Waals surface area contributed by atoms with Crippen molar-refractivity contribution in [3.05, 3.63) is 35.9 Å². The van der Waals surface area contributed by atoms with E-state index in [-0.39, 0.29) is 12.0 Å². The SMILES string of the molecule is C[C@@H](O)CN1CCN(CC(=O)N2CCC(c3ccccc3)=N2)CC1. The van der Waals surface area contributed by atoms with Crippen molar-refractivity contribution in [2.45, 2.75) is 19.4 Å². The van der Waals surface area contributed by atoms with E-state index in [0.717, 1.165) is 43.9 Å². The Labute approximate surface area is 143 Å². The number of aliphatic hydroxyl groups is 1. The number of nitrogens with zero attached hydrogens (tertiary/aromatic N) is 4. The first kappa shape index (κ1) is 17.1. The van der Waals surface area contributed by atoms with Gasteiger partial charge in [0.2, 0.25) is 0 Å². The standard InChI is InChI=1S/C18H26N4O2/c1-15(23)13-20-9-11-21(12-10-20)14-18(24)22-8-7-17(19-22)16-5-3-2-4-6-16/h2-6,15,23H,7-14H2,1H3/t15-/m1/s1. The topological polar surface area (TPSA) is 59.4 Å². The van der Waals surface area contributed by atoms with E-state index in [4.69, 9.17) is 0 Å². The summed E-state index contributed by atoms with van der Waals surface area (Å²) in [5.41, 5.74) is 2.09. The van der Waals surface area contributed by atoms with Gasteiger partial charge in [-0.05, 0) is 12.5 Å². The van der Waals surface area contributed by atoms with Crippen LogP contribution in [0.4, 0.5) is 0 Å². The molecule has 0 aromatic heterocycles. The summed E-state index contributed by atoms with van der Waals surface area (Å²) in [5.74, 6) is 0.0740. The van der Waals surface area contributed by atoms with E-state index in [1.807, 2.05) is 37.3 Å². The van der Waals surface area contributed by atoms with Gasteiger partial charge in [0.05, 0.1) is 24.9 Å². The molecule has 2 heterocycles. The first-order valence-corrected chi connectivity index (χ1v) is 8.68. The number of piperazine rings is 1. The third-order valence-corrected chi connectivity index (χ3v) is 4.54. The van der Waals surface area contributed by atoms with Gasteiger partial charge in [0.25, 0.3) is 5.91 Å². The minimum atomic E-state index is -0.298. The van der Waals surface area contributed by atoms with E-state index in [0.29, 0.717) is 19.6 Å². The molecular weight excluding hydrogens is 304 g/mol. The van der Waals surface area contributed by atoms with Gasteiger partial charge in [-0.2, -0.15) is 5.10 Å². The normalized spacial score (nSPS) is 20.9. The van der Waals surface area contributed by atoms with Crippen LogP contribution in [-0.2, 0) is 4.79 Å². The smallest absolute Gasteiger partial charge is 0.256 e. The van der Waals surface area contributed by atoms with Crippen molar-refractivity contribution < 1.29 is 9.90 Å². The number of rotatable bonds is 5. The highest BCUT2D eigenvalue weighted by Gasteiger charge is 2.25. The van der Waals surface area contributed by atoms with Crippen molar-refractivity contribution in [1.82, 2.24) is 14.8 Å². The molecule has 6 heteroatoms. The molecule has 0 aliphatic carbocycles. The minimum absolute atomic E-state index is 0.0740. The lowest BCUT2D eigenvalue weighted by Gasteiger charge is -2.35. The number of carbonyl (C=O) groups is 1. The Morgan fingerprint density at radius 2 is 1.79 bits per heavy atom. The zero-order chi connectivity index (χ0) is 16.9. The second-order valence-corrected chi connectivity index (χ2v) is 6.61. The van der Waals surface area contributed by atoms with Crippen molar-refractivity contribution in [2.75, 3.05) is 45.8 Å². The molecule has 0 saturated carbocycles. The maximum atomic E-state index is 12.5. The van der Waals surface area contributed by atoms with Crippen molar-refractivity contribution in [1.29, 1.82) is 0 Å². The Morgan fingerprint density at radius 1 is 1.12 bits per heavy atom. The van der Waals surface area contributed by atoms with Crippen molar-refractivity contribution >= 4 is 11.6 Å². The Hall–Kier alpha value is -1.76. The lowest BCUT2D eigenvalue weighted by Crippen LogP contribution is -2.50. The van der Waals surface area contributed by atoms with Crippen LogP contribution >= 0.6 is 0 Å². The first-order valence-electron chi connectivity index (χ1n) is 8.68. The minimum Gasteiger partial charge on any atom is -0.392 e. The Morgan fingerprint density at radius 3 is 2.46 bits per heavy atom. The predicted octanol–water partition coefficient (Wildman–Crippen LogP) is 0.621. The van der Waals surface area contributed by atoms with E-state index < -0.39 is 0 Å². The van der Waals surface area contributed by atoms with Crippen molar-refractivity contribution in [3.63, 3.8) is 0 Å². The van der Waals surface area contributed by atoms with Gasteiger partial charge in [0.1, 0.15) is 0 Å². The molecule has 1 amide bonds. The number of aliphatic hydroxyl groups excluding tert-OH is 1. The summed E-state index contributed by atoms with van der Waals surface area (Å²) in [6.07, 6.45) is 0.520. The summed E-state index contributed by atoms with van der Waals surface area (Å²) >= 11 is 0. The van der Waals surface area contributed by atoms with E-state index in [9.17, 15) is 9.90 Å². The molecule has 0 bridgehead atoms. The number of hydrogen-bond donors (Lipinski definition) is 1. The van der Waals surface area contributed by atoms with E-state index in [1.165, 1.54) is 0 Å². The van der Waals surface area contributed by atoms with Crippen LogP contribution in [0.25, 0.3) is 0 Å². The molecule has 130 valence electrons. The maximum Gasteiger partial charge on any atom is 0.256 e. The lowest BCUT2D eigenvalue weighted by molar-refractivity contribution is -0.132. The molecule has 1 fully saturated rings.